The first-order chi connectivity index (χ1) is 11.2. The zero-order valence-electron chi connectivity index (χ0n) is 12.9. The Balaban J connectivity index is 1.55. The number of amides is 1. The van der Waals surface area contributed by atoms with Gasteiger partial charge in [-0.2, -0.15) is 0 Å². The smallest absolute Gasteiger partial charge is 0.223 e. The minimum atomic E-state index is 0.196. The lowest BCUT2D eigenvalue weighted by molar-refractivity contribution is -0.130. The third-order valence-electron chi connectivity index (χ3n) is 4.10. The Morgan fingerprint density at radius 3 is 2.65 bits per heavy atom. The van der Waals surface area contributed by atoms with Crippen LogP contribution in [-0.4, -0.2) is 28.9 Å². The molecule has 23 heavy (non-hydrogen) atoms. The fourth-order valence-corrected chi connectivity index (χ4v) is 2.89. The molecule has 3 nitrogen and oxygen atoms in total. The number of hydrogen-bond acceptors (Lipinski definition) is 2. The molecule has 0 radical (unpaired) electrons. The van der Waals surface area contributed by atoms with E-state index in [4.69, 9.17) is 11.6 Å². The first-order valence-electron chi connectivity index (χ1n) is 7.85. The number of carbonyl (C=O) groups excluding carboxylic acids is 1. The van der Waals surface area contributed by atoms with Crippen LogP contribution in [0.5, 0.6) is 0 Å². The first-order valence-corrected chi connectivity index (χ1v) is 8.23. The summed E-state index contributed by atoms with van der Waals surface area (Å²) in [5.41, 5.74) is 3.45. The summed E-state index contributed by atoms with van der Waals surface area (Å²) in [5.74, 6) is 0.196. The average molecular weight is 327 g/mol. The van der Waals surface area contributed by atoms with Crippen LogP contribution in [0.3, 0.4) is 0 Å². The Bertz CT molecular complexity index is 695. The second kappa shape index (κ2) is 7.42. The lowest BCUT2D eigenvalue weighted by Crippen LogP contribution is -2.34. The Labute approximate surface area is 141 Å². The number of aryl methyl sites for hydroxylation is 1. The molecule has 118 valence electrons. The van der Waals surface area contributed by atoms with Crippen molar-refractivity contribution in [3.05, 3.63) is 71.0 Å². The van der Waals surface area contributed by atoms with Crippen molar-refractivity contribution in [2.45, 2.75) is 19.3 Å². The van der Waals surface area contributed by atoms with Crippen molar-refractivity contribution in [1.82, 2.24) is 9.88 Å². The van der Waals surface area contributed by atoms with Crippen molar-refractivity contribution in [3.8, 4) is 0 Å². The van der Waals surface area contributed by atoms with E-state index in [1.54, 1.807) is 6.20 Å². The summed E-state index contributed by atoms with van der Waals surface area (Å²) in [6.45, 7) is 1.45. The molecule has 0 aliphatic carbocycles. The van der Waals surface area contributed by atoms with Gasteiger partial charge in [-0.25, -0.2) is 0 Å². The molecule has 0 bridgehead atoms. The van der Waals surface area contributed by atoms with E-state index in [1.165, 1.54) is 11.1 Å². The molecule has 2 aromatic rings. The SMILES string of the molecule is O=C(CCc1ccccn1)N1CC=C(c2ccc(Cl)cc2)CC1. The van der Waals surface area contributed by atoms with Crippen molar-refractivity contribution >= 4 is 23.1 Å². The van der Waals surface area contributed by atoms with Gasteiger partial charge in [0.05, 0.1) is 0 Å². The standard InChI is InChI=1S/C19H19ClN2O/c20-17-6-4-15(5-7-17)16-10-13-22(14-11-16)19(23)9-8-18-3-1-2-12-21-18/h1-7,10,12H,8-9,11,13-14H2. The fraction of sp³-hybridized carbons (Fsp3) is 0.263. The van der Waals surface area contributed by atoms with Gasteiger partial charge in [0.25, 0.3) is 0 Å². The number of carbonyl (C=O) groups is 1. The highest BCUT2D eigenvalue weighted by Gasteiger charge is 2.17. The molecular weight excluding hydrogens is 308 g/mol. The van der Waals surface area contributed by atoms with Gasteiger partial charge < -0.3 is 4.90 Å². The van der Waals surface area contributed by atoms with Gasteiger partial charge >= 0.3 is 0 Å². The molecule has 0 saturated carbocycles. The van der Waals surface area contributed by atoms with E-state index in [-0.39, 0.29) is 5.91 Å². The summed E-state index contributed by atoms with van der Waals surface area (Å²) in [6, 6.07) is 13.7. The molecule has 2 heterocycles. The summed E-state index contributed by atoms with van der Waals surface area (Å²) in [4.78, 5) is 18.5. The minimum absolute atomic E-state index is 0.196. The van der Waals surface area contributed by atoms with Gasteiger partial charge in [0.15, 0.2) is 0 Å². The monoisotopic (exact) mass is 326 g/mol. The van der Waals surface area contributed by atoms with Crippen molar-refractivity contribution in [3.63, 3.8) is 0 Å². The maximum absolute atomic E-state index is 12.3. The van der Waals surface area contributed by atoms with Gasteiger partial charge in [0.1, 0.15) is 0 Å². The van der Waals surface area contributed by atoms with Crippen LogP contribution in [0.2, 0.25) is 5.02 Å². The molecule has 0 fully saturated rings. The van der Waals surface area contributed by atoms with Gasteiger partial charge in [-0.1, -0.05) is 35.9 Å². The van der Waals surface area contributed by atoms with E-state index in [0.29, 0.717) is 19.4 Å². The number of benzene rings is 1. The lowest BCUT2D eigenvalue weighted by atomic mass is 9.99. The molecule has 0 saturated heterocycles. The Kier molecular flexibility index (Phi) is 5.09. The highest BCUT2D eigenvalue weighted by Crippen LogP contribution is 2.24. The number of hydrogen-bond donors (Lipinski definition) is 0. The molecule has 1 amide bonds. The second-order valence-electron chi connectivity index (χ2n) is 5.65. The van der Waals surface area contributed by atoms with Crippen molar-refractivity contribution in [1.29, 1.82) is 0 Å². The van der Waals surface area contributed by atoms with Gasteiger partial charge in [-0.3, -0.25) is 9.78 Å². The summed E-state index contributed by atoms with van der Waals surface area (Å²) >= 11 is 5.92. The third-order valence-corrected chi connectivity index (χ3v) is 4.35. The van der Waals surface area contributed by atoms with Crippen molar-refractivity contribution in [2.24, 2.45) is 0 Å². The van der Waals surface area contributed by atoms with E-state index in [2.05, 4.69) is 11.1 Å². The van der Waals surface area contributed by atoms with Crippen LogP contribution in [0.25, 0.3) is 5.57 Å². The van der Waals surface area contributed by atoms with Crippen LogP contribution in [0.15, 0.2) is 54.7 Å². The zero-order chi connectivity index (χ0) is 16.1. The number of aromatic nitrogens is 1. The lowest BCUT2D eigenvalue weighted by Gasteiger charge is -2.26. The predicted molar refractivity (Wildman–Crippen MR) is 93.2 cm³/mol. The zero-order valence-corrected chi connectivity index (χ0v) is 13.7. The van der Waals surface area contributed by atoms with E-state index in [9.17, 15) is 4.79 Å². The van der Waals surface area contributed by atoms with Gasteiger partial charge in [0.2, 0.25) is 5.91 Å². The van der Waals surface area contributed by atoms with Crippen LogP contribution in [0.1, 0.15) is 24.1 Å². The normalized spacial score (nSPS) is 14.5. The molecule has 3 rings (SSSR count). The highest BCUT2D eigenvalue weighted by molar-refractivity contribution is 6.30. The molecule has 1 aliphatic heterocycles. The molecule has 4 heteroatoms. The molecule has 0 N–H and O–H groups in total. The second-order valence-corrected chi connectivity index (χ2v) is 6.08. The van der Waals surface area contributed by atoms with E-state index in [0.717, 1.165) is 23.7 Å². The molecule has 0 atom stereocenters. The predicted octanol–water partition coefficient (Wildman–Crippen LogP) is 3.98. The topological polar surface area (TPSA) is 33.2 Å². The first kappa shape index (κ1) is 15.8. The summed E-state index contributed by atoms with van der Waals surface area (Å²) in [7, 11) is 0. The van der Waals surface area contributed by atoms with E-state index < -0.39 is 0 Å². The number of nitrogens with zero attached hydrogens (tertiary/aromatic N) is 2. The van der Waals surface area contributed by atoms with Crippen LogP contribution in [-0.2, 0) is 11.2 Å². The van der Waals surface area contributed by atoms with Gasteiger partial charge in [-0.15, -0.1) is 0 Å². The van der Waals surface area contributed by atoms with Gasteiger partial charge in [0, 0.05) is 36.4 Å². The van der Waals surface area contributed by atoms with Crippen LogP contribution < -0.4 is 0 Å². The third kappa shape index (κ3) is 4.20. The molecule has 1 aromatic heterocycles. The summed E-state index contributed by atoms with van der Waals surface area (Å²) in [5, 5.41) is 0.747. The number of rotatable bonds is 4. The highest BCUT2D eigenvalue weighted by atomic mass is 35.5. The summed E-state index contributed by atoms with van der Waals surface area (Å²) in [6.07, 6.45) is 6.01. The Morgan fingerprint density at radius 2 is 2.00 bits per heavy atom. The average Bonchev–Trinajstić information content (AvgIpc) is 2.61. The number of pyridine rings is 1. The number of halogens is 1. The maximum Gasteiger partial charge on any atom is 0.223 e. The Morgan fingerprint density at radius 1 is 1.17 bits per heavy atom. The maximum atomic E-state index is 12.3. The minimum Gasteiger partial charge on any atom is -0.339 e. The van der Waals surface area contributed by atoms with Crippen LogP contribution in [0, 0.1) is 0 Å². The molecule has 1 aromatic carbocycles. The molecule has 1 aliphatic rings. The van der Waals surface area contributed by atoms with Crippen molar-refractivity contribution < 1.29 is 4.79 Å². The van der Waals surface area contributed by atoms with E-state index >= 15 is 0 Å². The molecular formula is C19H19ClN2O. The fourth-order valence-electron chi connectivity index (χ4n) is 2.76. The molecule has 0 unspecified atom stereocenters. The van der Waals surface area contributed by atoms with Crippen molar-refractivity contribution in [2.75, 3.05) is 13.1 Å². The van der Waals surface area contributed by atoms with Crippen LogP contribution in [0.4, 0.5) is 0 Å². The Hall–Kier alpha value is -2.13. The summed E-state index contributed by atoms with van der Waals surface area (Å²) < 4.78 is 0. The molecule has 0 spiro atoms. The quantitative estimate of drug-likeness (QED) is 0.851. The largest absolute Gasteiger partial charge is 0.339 e. The van der Waals surface area contributed by atoms with E-state index in [1.807, 2.05) is 47.4 Å². The van der Waals surface area contributed by atoms with Gasteiger partial charge in [-0.05, 0) is 48.2 Å². The van der Waals surface area contributed by atoms with Crippen LogP contribution >= 0.6 is 11.6 Å².